The lowest BCUT2D eigenvalue weighted by molar-refractivity contribution is -0.137. The van der Waals surface area contributed by atoms with Crippen LogP contribution in [0.15, 0.2) is 79.0 Å². The van der Waals surface area contributed by atoms with Crippen LogP contribution in [0.5, 0.6) is 11.5 Å². The Labute approximate surface area is 316 Å². The molecular formula is C43H48N6O5. The van der Waals surface area contributed by atoms with Crippen LogP contribution in [-0.4, -0.2) is 71.7 Å². The highest BCUT2D eigenvalue weighted by Gasteiger charge is 2.50. The highest BCUT2D eigenvalue weighted by Crippen LogP contribution is 2.39. The van der Waals surface area contributed by atoms with E-state index in [2.05, 4.69) is 93.9 Å². The van der Waals surface area contributed by atoms with Gasteiger partial charge in [0.2, 0.25) is 17.8 Å². The number of hydrogen-bond donors (Lipinski definition) is 2. The van der Waals surface area contributed by atoms with E-state index in [-0.39, 0.29) is 23.3 Å². The number of nitrogens with zero attached hydrogens (tertiary/aromatic N) is 4. The number of benzene rings is 3. The Balaban J connectivity index is 0.714. The number of amides is 2. The molecule has 3 saturated heterocycles. The van der Waals surface area contributed by atoms with Crippen LogP contribution < -0.4 is 25.0 Å². The summed E-state index contributed by atoms with van der Waals surface area (Å²) in [6.07, 6.45) is 4.95. The first-order valence-electron chi connectivity index (χ1n) is 19.3. The van der Waals surface area contributed by atoms with E-state index in [1.54, 1.807) is 0 Å². The Hall–Kier alpha value is -5.00. The Morgan fingerprint density at radius 3 is 2.30 bits per heavy atom. The number of carbonyl (C=O) groups excluding carboxylic acids is 2. The van der Waals surface area contributed by atoms with E-state index in [0.29, 0.717) is 43.4 Å². The van der Waals surface area contributed by atoms with Crippen LogP contribution in [0.4, 0.5) is 11.6 Å². The average Bonchev–Trinajstić information content (AvgIpc) is 3.54. The van der Waals surface area contributed by atoms with E-state index in [1.807, 2.05) is 24.4 Å². The minimum Gasteiger partial charge on any atom is -0.493 e. The zero-order valence-electron chi connectivity index (χ0n) is 31.1. The smallest absolute Gasteiger partial charge is 0.243 e. The Morgan fingerprint density at radius 2 is 1.61 bits per heavy atom. The van der Waals surface area contributed by atoms with Crippen LogP contribution in [0.2, 0.25) is 0 Å². The number of imide groups is 1. The molecule has 1 atom stereocenters. The second-order valence-electron chi connectivity index (χ2n) is 16.5. The van der Waals surface area contributed by atoms with Crippen LogP contribution in [0.1, 0.15) is 67.5 Å². The topological polar surface area (TPSA) is 118 Å². The quantitative estimate of drug-likeness (QED) is 0.178. The average molecular weight is 729 g/mol. The van der Waals surface area contributed by atoms with Crippen molar-refractivity contribution in [1.29, 1.82) is 0 Å². The SMILES string of the molecule is CC(C)(c1ccc(OCc2ccnc(N3CC4(COC4)C3)n2)cc1)c1ccc(OCC2CC(Nc3ccc4c(c3)CN(C3CCC(=O)NC3=O)C4)C2)cc1. The van der Waals surface area contributed by atoms with Gasteiger partial charge in [-0.1, -0.05) is 44.2 Å². The molecule has 5 heterocycles. The molecule has 1 unspecified atom stereocenters. The van der Waals surface area contributed by atoms with Gasteiger partial charge >= 0.3 is 0 Å². The van der Waals surface area contributed by atoms with E-state index < -0.39 is 0 Å². The van der Waals surface area contributed by atoms with E-state index in [0.717, 1.165) is 81.1 Å². The first kappa shape index (κ1) is 34.7. The highest BCUT2D eigenvalue weighted by atomic mass is 16.5. The summed E-state index contributed by atoms with van der Waals surface area (Å²) in [6, 6.07) is 25.5. The third-order valence-corrected chi connectivity index (χ3v) is 12.1. The van der Waals surface area contributed by atoms with Crippen molar-refractivity contribution in [2.45, 2.75) is 76.7 Å². The molecule has 1 saturated carbocycles. The summed E-state index contributed by atoms with van der Waals surface area (Å²) in [6.45, 7) is 10.7. The van der Waals surface area contributed by atoms with Gasteiger partial charge in [-0.25, -0.2) is 9.97 Å². The summed E-state index contributed by atoms with van der Waals surface area (Å²) < 4.78 is 17.7. The van der Waals surface area contributed by atoms with Gasteiger partial charge in [0, 0.05) is 55.9 Å². The molecule has 280 valence electrons. The molecule has 2 amide bonds. The molecule has 5 aliphatic rings. The number of rotatable bonds is 12. The number of nitrogens with one attached hydrogen (secondary N) is 2. The van der Waals surface area contributed by atoms with Crippen molar-refractivity contribution in [2.24, 2.45) is 11.3 Å². The maximum Gasteiger partial charge on any atom is 0.243 e. The van der Waals surface area contributed by atoms with Crippen molar-refractivity contribution in [1.82, 2.24) is 20.2 Å². The van der Waals surface area contributed by atoms with Gasteiger partial charge in [-0.3, -0.25) is 19.8 Å². The van der Waals surface area contributed by atoms with E-state index >= 15 is 0 Å². The number of piperidine rings is 1. The van der Waals surface area contributed by atoms with E-state index in [4.69, 9.17) is 19.2 Å². The molecular weight excluding hydrogens is 681 g/mol. The van der Waals surface area contributed by atoms with Crippen LogP contribution in [0, 0.1) is 11.3 Å². The van der Waals surface area contributed by atoms with Gasteiger partial charge in [-0.15, -0.1) is 0 Å². The first-order valence-corrected chi connectivity index (χ1v) is 19.3. The molecule has 3 aromatic carbocycles. The standard InChI is InChI=1S/C43H48N6O5/c1-42(2,32-6-11-37(12-7-32)54-23-34-15-16-44-41(46-34)49-24-43(25-49)26-52-27-43)31-4-9-36(10-5-31)53-22-28-17-35(18-28)45-33-8-3-29-20-48(21-30(29)19-33)38-13-14-39(50)47-40(38)51/h3-12,15-16,19,28,35,38,45H,13-14,17-18,20-27H2,1-2H3,(H,47,50,51). The van der Waals surface area contributed by atoms with Crippen LogP contribution in [-0.2, 0) is 39.4 Å². The number of carbonyl (C=O) groups is 2. The van der Waals surface area contributed by atoms with Gasteiger partial charge in [-0.2, -0.15) is 0 Å². The summed E-state index contributed by atoms with van der Waals surface area (Å²) in [5.41, 5.74) is 7.07. The van der Waals surface area contributed by atoms with Crippen molar-refractivity contribution in [3.63, 3.8) is 0 Å². The summed E-state index contributed by atoms with van der Waals surface area (Å²) in [5, 5.41) is 6.19. The number of aromatic nitrogens is 2. The molecule has 4 aromatic rings. The fourth-order valence-corrected chi connectivity index (χ4v) is 8.56. The van der Waals surface area contributed by atoms with Crippen LogP contribution in [0.25, 0.3) is 0 Å². The third kappa shape index (κ3) is 7.02. The molecule has 1 aliphatic carbocycles. The van der Waals surface area contributed by atoms with Gasteiger partial charge in [-0.05, 0) is 89.9 Å². The van der Waals surface area contributed by atoms with Gasteiger partial charge < -0.3 is 24.4 Å². The van der Waals surface area contributed by atoms with Crippen LogP contribution in [0.3, 0.4) is 0 Å². The first-order chi connectivity index (χ1) is 26.2. The van der Waals surface area contributed by atoms with Gasteiger partial charge in [0.05, 0.1) is 37.0 Å². The monoisotopic (exact) mass is 728 g/mol. The zero-order valence-corrected chi connectivity index (χ0v) is 31.1. The van der Waals surface area contributed by atoms with Crippen molar-refractivity contribution >= 4 is 23.5 Å². The van der Waals surface area contributed by atoms with Gasteiger partial charge in [0.25, 0.3) is 0 Å². The minimum atomic E-state index is -0.233. The third-order valence-electron chi connectivity index (χ3n) is 12.1. The molecule has 0 bridgehead atoms. The molecule has 2 N–H and O–H groups in total. The van der Waals surface area contributed by atoms with Crippen LogP contribution >= 0.6 is 0 Å². The highest BCUT2D eigenvalue weighted by molar-refractivity contribution is 6.00. The number of ether oxygens (including phenoxy) is 3. The number of anilines is 2. The van der Waals surface area contributed by atoms with E-state index in [9.17, 15) is 9.59 Å². The Kier molecular flexibility index (Phi) is 9.01. The van der Waals surface area contributed by atoms with Crippen molar-refractivity contribution < 1.29 is 23.8 Å². The predicted molar refractivity (Wildman–Crippen MR) is 204 cm³/mol. The Bertz CT molecular complexity index is 2020. The van der Waals surface area contributed by atoms with Crippen molar-refractivity contribution in [3.05, 3.63) is 107 Å². The lowest BCUT2D eigenvalue weighted by Gasteiger charge is -2.54. The largest absolute Gasteiger partial charge is 0.493 e. The van der Waals surface area contributed by atoms with Crippen molar-refractivity contribution in [3.8, 4) is 11.5 Å². The normalized spacial score (nSPS) is 23.1. The second-order valence-corrected chi connectivity index (χ2v) is 16.5. The number of hydrogen-bond acceptors (Lipinski definition) is 10. The molecule has 4 aliphatic heterocycles. The molecule has 9 rings (SSSR count). The summed E-state index contributed by atoms with van der Waals surface area (Å²) in [7, 11) is 0. The Morgan fingerprint density at radius 1 is 0.907 bits per heavy atom. The molecule has 0 radical (unpaired) electrons. The maximum absolute atomic E-state index is 12.4. The van der Waals surface area contributed by atoms with Crippen molar-refractivity contribution in [2.75, 3.05) is 43.1 Å². The fourth-order valence-electron chi connectivity index (χ4n) is 8.56. The molecule has 11 heteroatoms. The molecule has 1 aromatic heterocycles. The zero-order chi connectivity index (χ0) is 36.9. The lowest BCUT2D eigenvalue weighted by atomic mass is 9.78. The molecule has 4 fully saturated rings. The summed E-state index contributed by atoms with van der Waals surface area (Å²) >= 11 is 0. The second kappa shape index (κ2) is 14.0. The summed E-state index contributed by atoms with van der Waals surface area (Å²) in [4.78, 5) is 37.5. The predicted octanol–water partition coefficient (Wildman–Crippen LogP) is 5.61. The molecule has 11 nitrogen and oxygen atoms in total. The molecule has 1 spiro atoms. The lowest BCUT2D eigenvalue weighted by Crippen LogP contribution is -2.66. The van der Waals surface area contributed by atoms with Gasteiger partial charge in [0.1, 0.15) is 18.1 Å². The fraction of sp³-hybridized carbons (Fsp3) is 0.442. The maximum atomic E-state index is 12.4. The molecule has 54 heavy (non-hydrogen) atoms. The number of fused-ring (bicyclic) bond motifs is 1. The van der Waals surface area contributed by atoms with E-state index in [1.165, 1.54) is 22.3 Å². The summed E-state index contributed by atoms with van der Waals surface area (Å²) in [5.74, 6) is 2.65. The van der Waals surface area contributed by atoms with Gasteiger partial charge in [0.15, 0.2) is 0 Å². The minimum absolute atomic E-state index is 0.168.